The van der Waals surface area contributed by atoms with E-state index in [-0.39, 0.29) is 5.91 Å². The van der Waals surface area contributed by atoms with Gasteiger partial charge in [0.05, 0.1) is 6.54 Å². The van der Waals surface area contributed by atoms with Gasteiger partial charge in [0, 0.05) is 39.3 Å². The molecule has 0 aromatic heterocycles. The Hall–Kier alpha value is -0.610. The Kier molecular flexibility index (Phi) is 4.54. The Bertz CT molecular complexity index is 210. The number of nitrogens with zero attached hydrogens (tertiary/aromatic N) is 3. The van der Waals surface area contributed by atoms with Crippen LogP contribution in [0.4, 0.5) is 0 Å². The molecule has 4 nitrogen and oxygen atoms in total. The third-order valence-electron chi connectivity index (χ3n) is 3.12. The summed E-state index contributed by atoms with van der Waals surface area (Å²) in [7, 11) is 4.00. The van der Waals surface area contributed by atoms with Gasteiger partial charge in [-0.3, -0.25) is 9.69 Å². The minimum absolute atomic E-state index is 0.231. The third-order valence-corrected chi connectivity index (χ3v) is 3.12. The summed E-state index contributed by atoms with van der Waals surface area (Å²) in [6.07, 6.45) is 0. The predicted molar refractivity (Wildman–Crippen MR) is 61.8 cm³/mol. The van der Waals surface area contributed by atoms with Crippen LogP contribution in [0.2, 0.25) is 0 Å². The zero-order chi connectivity index (χ0) is 11.4. The average Bonchev–Trinajstić information content (AvgIpc) is 2.20. The molecule has 1 aliphatic heterocycles. The summed E-state index contributed by atoms with van der Waals surface area (Å²) < 4.78 is 0. The van der Waals surface area contributed by atoms with Crippen molar-refractivity contribution in [1.29, 1.82) is 0 Å². The first kappa shape index (κ1) is 12.5. The van der Waals surface area contributed by atoms with Gasteiger partial charge >= 0.3 is 0 Å². The molecule has 1 rings (SSSR count). The summed E-state index contributed by atoms with van der Waals surface area (Å²) >= 11 is 0. The first-order chi connectivity index (χ1) is 7.00. The molecule has 15 heavy (non-hydrogen) atoms. The van der Waals surface area contributed by atoms with Crippen molar-refractivity contribution in [2.75, 3.05) is 46.8 Å². The fraction of sp³-hybridized carbons (Fsp3) is 0.909. The summed E-state index contributed by atoms with van der Waals surface area (Å²) in [6, 6.07) is 0.296. The topological polar surface area (TPSA) is 26.8 Å². The molecule has 1 amide bonds. The smallest absolute Gasteiger partial charge is 0.236 e. The number of hydrogen-bond donors (Lipinski definition) is 0. The van der Waals surface area contributed by atoms with E-state index in [9.17, 15) is 4.79 Å². The van der Waals surface area contributed by atoms with E-state index in [1.54, 1.807) is 0 Å². The molecule has 0 N–H and O–H groups in total. The van der Waals surface area contributed by atoms with Crippen LogP contribution in [-0.4, -0.2) is 73.5 Å². The van der Waals surface area contributed by atoms with Crippen LogP contribution in [0.5, 0.6) is 0 Å². The second-order valence-corrected chi connectivity index (χ2v) is 4.68. The van der Waals surface area contributed by atoms with Gasteiger partial charge in [-0.2, -0.15) is 0 Å². The van der Waals surface area contributed by atoms with Crippen LogP contribution < -0.4 is 0 Å². The molecule has 0 aromatic carbocycles. The van der Waals surface area contributed by atoms with Crippen molar-refractivity contribution in [3.63, 3.8) is 0 Å². The number of hydrogen-bond acceptors (Lipinski definition) is 3. The minimum Gasteiger partial charge on any atom is -0.342 e. The van der Waals surface area contributed by atoms with Crippen molar-refractivity contribution in [1.82, 2.24) is 14.7 Å². The van der Waals surface area contributed by atoms with Crippen molar-refractivity contribution < 1.29 is 4.79 Å². The number of carbonyl (C=O) groups excluding carboxylic acids is 1. The van der Waals surface area contributed by atoms with Gasteiger partial charge in [0.15, 0.2) is 0 Å². The quantitative estimate of drug-likeness (QED) is 0.665. The van der Waals surface area contributed by atoms with E-state index in [1.165, 1.54) is 0 Å². The standard InChI is InChI=1S/C11H23N3O/c1-10(2)13(4)11(15)9-14-7-5-12(3)6-8-14/h10H,5-9H2,1-4H3. The Labute approximate surface area is 92.8 Å². The van der Waals surface area contributed by atoms with Gasteiger partial charge in [-0.1, -0.05) is 0 Å². The molecule has 0 saturated carbocycles. The highest BCUT2D eigenvalue weighted by Gasteiger charge is 2.19. The van der Waals surface area contributed by atoms with Crippen LogP contribution in [0.3, 0.4) is 0 Å². The lowest BCUT2D eigenvalue weighted by Crippen LogP contribution is -2.49. The highest BCUT2D eigenvalue weighted by atomic mass is 16.2. The fourth-order valence-electron chi connectivity index (χ4n) is 1.60. The first-order valence-corrected chi connectivity index (χ1v) is 5.67. The molecule has 0 aromatic rings. The molecule has 0 unspecified atom stereocenters. The maximum atomic E-state index is 11.8. The number of rotatable bonds is 3. The highest BCUT2D eigenvalue weighted by molar-refractivity contribution is 5.78. The predicted octanol–water partition coefficient (Wildman–Crippen LogP) is 0.101. The van der Waals surface area contributed by atoms with E-state index in [2.05, 4.69) is 16.8 Å². The molecule has 88 valence electrons. The highest BCUT2D eigenvalue weighted by Crippen LogP contribution is 2.01. The van der Waals surface area contributed by atoms with Crippen LogP contribution >= 0.6 is 0 Å². The summed E-state index contributed by atoms with van der Waals surface area (Å²) in [4.78, 5) is 18.2. The van der Waals surface area contributed by atoms with Crippen molar-refractivity contribution in [3.8, 4) is 0 Å². The van der Waals surface area contributed by atoms with Crippen molar-refractivity contribution in [3.05, 3.63) is 0 Å². The summed E-state index contributed by atoms with van der Waals surface area (Å²) in [5.74, 6) is 0.231. The lowest BCUT2D eigenvalue weighted by molar-refractivity contribution is -0.133. The molecular formula is C11H23N3O. The summed E-state index contributed by atoms with van der Waals surface area (Å²) in [5, 5.41) is 0. The Morgan fingerprint density at radius 3 is 2.27 bits per heavy atom. The lowest BCUT2D eigenvalue weighted by atomic mass is 10.3. The zero-order valence-corrected chi connectivity index (χ0v) is 10.4. The number of likely N-dealkylation sites (N-methyl/N-ethyl adjacent to an activating group) is 2. The molecule has 4 heteroatoms. The van der Waals surface area contributed by atoms with Gasteiger partial charge in [0.25, 0.3) is 0 Å². The molecule has 0 atom stereocenters. The molecule has 1 heterocycles. The largest absolute Gasteiger partial charge is 0.342 e. The van der Waals surface area contributed by atoms with E-state index in [4.69, 9.17) is 0 Å². The van der Waals surface area contributed by atoms with Crippen molar-refractivity contribution in [2.24, 2.45) is 0 Å². The monoisotopic (exact) mass is 213 g/mol. The van der Waals surface area contributed by atoms with Gasteiger partial charge < -0.3 is 9.80 Å². The number of carbonyl (C=O) groups is 1. The SMILES string of the molecule is CC(C)N(C)C(=O)CN1CCN(C)CC1. The number of amides is 1. The van der Waals surface area contributed by atoms with Crippen molar-refractivity contribution >= 4 is 5.91 Å². The normalized spacial score (nSPS) is 19.5. The van der Waals surface area contributed by atoms with Crippen LogP contribution in [-0.2, 0) is 4.79 Å². The lowest BCUT2D eigenvalue weighted by Gasteiger charge is -2.33. The maximum absolute atomic E-state index is 11.8. The fourth-order valence-corrected chi connectivity index (χ4v) is 1.60. The second-order valence-electron chi connectivity index (χ2n) is 4.68. The molecule has 0 bridgehead atoms. The maximum Gasteiger partial charge on any atom is 0.236 e. The van der Waals surface area contributed by atoms with Crippen LogP contribution in [0, 0.1) is 0 Å². The van der Waals surface area contributed by atoms with E-state index in [0.29, 0.717) is 12.6 Å². The van der Waals surface area contributed by atoms with Gasteiger partial charge in [-0.05, 0) is 20.9 Å². The van der Waals surface area contributed by atoms with E-state index in [1.807, 2.05) is 25.8 Å². The van der Waals surface area contributed by atoms with Gasteiger partial charge in [0.1, 0.15) is 0 Å². The summed E-state index contributed by atoms with van der Waals surface area (Å²) in [6.45, 7) is 8.81. The van der Waals surface area contributed by atoms with E-state index < -0.39 is 0 Å². The minimum atomic E-state index is 0.231. The van der Waals surface area contributed by atoms with Crippen molar-refractivity contribution in [2.45, 2.75) is 19.9 Å². The number of piperazine rings is 1. The van der Waals surface area contributed by atoms with Crippen LogP contribution in [0.15, 0.2) is 0 Å². The zero-order valence-electron chi connectivity index (χ0n) is 10.4. The van der Waals surface area contributed by atoms with E-state index >= 15 is 0 Å². The Balaban J connectivity index is 2.32. The average molecular weight is 213 g/mol. The van der Waals surface area contributed by atoms with Gasteiger partial charge in [-0.25, -0.2) is 0 Å². The van der Waals surface area contributed by atoms with Crippen LogP contribution in [0.1, 0.15) is 13.8 Å². The molecule has 1 fully saturated rings. The van der Waals surface area contributed by atoms with E-state index in [0.717, 1.165) is 26.2 Å². The third kappa shape index (κ3) is 3.80. The van der Waals surface area contributed by atoms with Gasteiger partial charge in [-0.15, -0.1) is 0 Å². The Morgan fingerprint density at radius 1 is 1.27 bits per heavy atom. The molecular weight excluding hydrogens is 190 g/mol. The molecule has 1 aliphatic rings. The summed E-state index contributed by atoms with van der Waals surface area (Å²) in [5.41, 5.74) is 0. The first-order valence-electron chi connectivity index (χ1n) is 5.67. The molecule has 0 aliphatic carbocycles. The van der Waals surface area contributed by atoms with Gasteiger partial charge in [0.2, 0.25) is 5.91 Å². The Morgan fingerprint density at radius 2 is 1.80 bits per heavy atom. The molecule has 0 spiro atoms. The van der Waals surface area contributed by atoms with Crippen LogP contribution in [0.25, 0.3) is 0 Å². The molecule has 0 radical (unpaired) electrons. The second kappa shape index (κ2) is 5.47. The molecule has 1 saturated heterocycles.